The highest BCUT2D eigenvalue weighted by atomic mass is 35.5. The minimum absolute atomic E-state index is 0.177. The molecule has 1 heterocycles. The zero-order valence-corrected chi connectivity index (χ0v) is 11.8. The summed E-state index contributed by atoms with van der Waals surface area (Å²) in [6, 6.07) is 4.04. The number of aliphatic hydroxyl groups excluding tert-OH is 1. The second kappa shape index (κ2) is 5.07. The predicted octanol–water partition coefficient (Wildman–Crippen LogP) is 3.89. The molecular weight excluding hydrogens is 303 g/mol. The van der Waals surface area contributed by atoms with Gasteiger partial charge >= 0.3 is 0 Å². The van der Waals surface area contributed by atoms with Crippen molar-refractivity contribution in [2.45, 2.75) is 31.8 Å². The molecule has 1 aliphatic carbocycles. The molecule has 0 unspecified atom stereocenters. The Morgan fingerprint density at radius 2 is 2.05 bits per heavy atom. The molecule has 0 saturated heterocycles. The van der Waals surface area contributed by atoms with E-state index in [9.17, 15) is 18.3 Å². The molecule has 0 spiro atoms. The van der Waals surface area contributed by atoms with E-state index in [1.807, 2.05) is 0 Å². The Balaban J connectivity index is 2.14. The summed E-state index contributed by atoms with van der Waals surface area (Å²) in [5.41, 5.74) is 2.06. The molecule has 0 atom stereocenters. The molecule has 6 heteroatoms. The predicted molar refractivity (Wildman–Crippen MR) is 73.6 cm³/mol. The first kappa shape index (κ1) is 14.5. The number of benzene rings is 1. The van der Waals surface area contributed by atoms with E-state index in [1.165, 1.54) is 12.1 Å². The van der Waals surface area contributed by atoms with Gasteiger partial charge < -0.3 is 9.67 Å². The molecule has 0 fully saturated rings. The van der Waals surface area contributed by atoms with Crippen LogP contribution >= 0.6 is 11.6 Å². The number of halogens is 4. The van der Waals surface area contributed by atoms with Crippen LogP contribution in [0.5, 0.6) is 0 Å². The number of aliphatic hydroxyl groups is 1. The fraction of sp³-hybridized carbons (Fsp3) is 0.333. The maximum absolute atomic E-state index is 13.6. The lowest BCUT2D eigenvalue weighted by molar-refractivity contribution is -0.0130. The number of fused-ring (bicyclic) bond motifs is 1. The van der Waals surface area contributed by atoms with Gasteiger partial charge in [0, 0.05) is 35.4 Å². The fourth-order valence-corrected chi connectivity index (χ4v) is 3.04. The van der Waals surface area contributed by atoms with Gasteiger partial charge in [0.2, 0.25) is 0 Å². The molecule has 0 aliphatic heterocycles. The first-order valence-corrected chi connectivity index (χ1v) is 6.94. The molecule has 0 radical (unpaired) electrons. The highest BCUT2D eigenvalue weighted by Gasteiger charge is 2.37. The van der Waals surface area contributed by atoms with E-state index in [2.05, 4.69) is 0 Å². The van der Waals surface area contributed by atoms with Crippen molar-refractivity contribution >= 4 is 11.6 Å². The molecule has 0 saturated carbocycles. The van der Waals surface area contributed by atoms with Crippen LogP contribution in [0.15, 0.2) is 24.4 Å². The Labute approximate surface area is 124 Å². The topological polar surface area (TPSA) is 25.2 Å². The van der Waals surface area contributed by atoms with Gasteiger partial charge in [0.15, 0.2) is 0 Å². The van der Waals surface area contributed by atoms with Crippen LogP contribution in [-0.2, 0) is 19.4 Å². The summed E-state index contributed by atoms with van der Waals surface area (Å²) in [6.07, 6.45) is 1.11. The van der Waals surface area contributed by atoms with Gasteiger partial charge in [-0.1, -0.05) is 11.6 Å². The number of rotatable bonds is 2. The minimum Gasteiger partial charge on any atom is -0.392 e. The molecular formula is C15H13ClF3NO. The molecule has 1 aromatic carbocycles. The summed E-state index contributed by atoms with van der Waals surface area (Å²) in [5.74, 6) is -3.26. The van der Waals surface area contributed by atoms with Crippen molar-refractivity contribution < 1.29 is 18.3 Å². The van der Waals surface area contributed by atoms with Crippen molar-refractivity contribution in [3.05, 3.63) is 52.1 Å². The lowest BCUT2D eigenvalue weighted by atomic mass is 9.92. The normalized spacial score (nSPS) is 16.8. The van der Waals surface area contributed by atoms with Crippen LogP contribution in [0.25, 0.3) is 5.69 Å². The monoisotopic (exact) mass is 315 g/mol. The molecule has 1 aliphatic rings. The Hall–Kier alpha value is -1.46. The van der Waals surface area contributed by atoms with Gasteiger partial charge in [-0.2, -0.15) is 0 Å². The maximum atomic E-state index is 13.6. The minimum atomic E-state index is -2.76. The highest BCUT2D eigenvalue weighted by Crippen LogP contribution is 2.37. The van der Waals surface area contributed by atoms with Gasteiger partial charge in [0.1, 0.15) is 5.82 Å². The third kappa shape index (κ3) is 2.68. The Morgan fingerprint density at radius 3 is 2.71 bits per heavy atom. The standard InChI is InChI=1S/C15H13ClF3NO/c16-10-3-11(17)5-12(4-10)20-7-9(8-21)13-6-15(18,19)2-1-14(13)20/h3-5,7,21H,1-2,6,8H2. The van der Waals surface area contributed by atoms with Crippen LogP contribution in [0.3, 0.4) is 0 Å². The van der Waals surface area contributed by atoms with Crippen molar-refractivity contribution in [3.8, 4) is 5.69 Å². The van der Waals surface area contributed by atoms with Crippen molar-refractivity contribution in [2.24, 2.45) is 0 Å². The third-order valence-electron chi connectivity index (χ3n) is 3.77. The quantitative estimate of drug-likeness (QED) is 0.893. The summed E-state index contributed by atoms with van der Waals surface area (Å²) in [6.45, 7) is -0.325. The molecule has 21 heavy (non-hydrogen) atoms. The number of hydrogen-bond acceptors (Lipinski definition) is 1. The highest BCUT2D eigenvalue weighted by molar-refractivity contribution is 6.30. The molecule has 2 aromatic rings. The molecule has 0 amide bonds. The van der Waals surface area contributed by atoms with Gasteiger partial charge in [-0.3, -0.25) is 0 Å². The lowest BCUT2D eigenvalue weighted by Gasteiger charge is -2.24. The van der Waals surface area contributed by atoms with Crippen molar-refractivity contribution in [2.75, 3.05) is 0 Å². The number of nitrogens with zero attached hydrogens (tertiary/aromatic N) is 1. The first-order valence-electron chi connectivity index (χ1n) is 6.57. The largest absolute Gasteiger partial charge is 0.392 e. The van der Waals surface area contributed by atoms with E-state index in [4.69, 9.17) is 11.6 Å². The fourth-order valence-electron chi connectivity index (χ4n) is 2.82. The zero-order valence-electron chi connectivity index (χ0n) is 11.0. The van der Waals surface area contributed by atoms with E-state index in [0.717, 1.165) is 0 Å². The van der Waals surface area contributed by atoms with Gasteiger partial charge in [-0.05, 0) is 35.7 Å². The van der Waals surface area contributed by atoms with Gasteiger partial charge in [-0.25, -0.2) is 13.2 Å². The molecule has 3 rings (SSSR count). The molecule has 2 nitrogen and oxygen atoms in total. The van der Waals surface area contributed by atoms with Gasteiger partial charge in [0.05, 0.1) is 6.61 Å². The van der Waals surface area contributed by atoms with Crippen LogP contribution in [0.4, 0.5) is 13.2 Å². The van der Waals surface area contributed by atoms with Crippen molar-refractivity contribution in [1.82, 2.24) is 4.57 Å². The summed E-state index contributed by atoms with van der Waals surface area (Å²) in [4.78, 5) is 0. The number of alkyl halides is 2. The van der Waals surface area contributed by atoms with Crippen LogP contribution < -0.4 is 0 Å². The lowest BCUT2D eigenvalue weighted by Crippen LogP contribution is -2.27. The van der Waals surface area contributed by atoms with E-state index in [-0.39, 0.29) is 24.5 Å². The average molecular weight is 316 g/mol. The average Bonchev–Trinajstić information content (AvgIpc) is 2.74. The summed E-state index contributed by atoms with van der Waals surface area (Å²) in [7, 11) is 0. The Kier molecular flexibility index (Phi) is 3.50. The summed E-state index contributed by atoms with van der Waals surface area (Å²) >= 11 is 5.85. The molecule has 112 valence electrons. The van der Waals surface area contributed by atoms with E-state index in [0.29, 0.717) is 22.5 Å². The smallest absolute Gasteiger partial charge is 0.252 e. The molecule has 0 bridgehead atoms. The second-order valence-electron chi connectivity index (χ2n) is 5.27. The maximum Gasteiger partial charge on any atom is 0.252 e. The van der Waals surface area contributed by atoms with Gasteiger partial charge in [-0.15, -0.1) is 0 Å². The van der Waals surface area contributed by atoms with Crippen LogP contribution in [0, 0.1) is 5.82 Å². The van der Waals surface area contributed by atoms with E-state index < -0.39 is 18.2 Å². The third-order valence-corrected chi connectivity index (χ3v) is 3.99. The van der Waals surface area contributed by atoms with Gasteiger partial charge in [0.25, 0.3) is 5.92 Å². The second-order valence-corrected chi connectivity index (χ2v) is 5.70. The molecule has 1 N–H and O–H groups in total. The SMILES string of the molecule is OCc1cn(-c2cc(F)cc(Cl)c2)c2c1CC(F)(F)CC2. The van der Waals surface area contributed by atoms with Crippen LogP contribution in [0.2, 0.25) is 5.02 Å². The molecule has 1 aromatic heterocycles. The van der Waals surface area contributed by atoms with Crippen LogP contribution in [-0.4, -0.2) is 15.6 Å². The van der Waals surface area contributed by atoms with Crippen molar-refractivity contribution in [1.29, 1.82) is 0 Å². The number of hydrogen-bond donors (Lipinski definition) is 1. The first-order chi connectivity index (χ1) is 9.89. The Bertz CT molecular complexity index is 676. The summed E-state index contributed by atoms with van der Waals surface area (Å²) < 4.78 is 42.3. The van der Waals surface area contributed by atoms with E-state index >= 15 is 0 Å². The van der Waals surface area contributed by atoms with Crippen molar-refractivity contribution in [3.63, 3.8) is 0 Å². The zero-order chi connectivity index (χ0) is 15.2. The Morgan fingerprint density at radius 1 is 1.29 bits per heavy atom. The summed E-state index contributed by atoms with van der Waals surface area (Å²) in [5, 5.41) is 9.61. The number of aromatic nitrogens is 1. The van der Waals surface area contributed by atoms with E-state index in [1.54, 1.807) is 16.8 Å². The van der Waals surface area contributed by atoms with Crippen LogP contribution in [0.1, 0.15) is 23.2 Å².